The number of hydrogen-bond donors (Lipinski definition) is 1. The van der Waals surface area contributed by atoms with E-state index in [1.165, 1.54) is 0 Å². The molecule has 0 aromatic heterocycles. The first-order valence-electron chi connectivity index (χ1n) is 5.79. The van der Waals surface area contributed by atoms with Crippen molar-refractivity contribution in [2.24, 2.45) is 5.92 Å². The molecule has 1 fully saturated rings. The van der Waals surface area contributed by atoms with Crippen molar-refractivity contribution in [3.63, 3.8) is 0 Å². The van der Waals surface area contributed by atoms with E-state index < -0.39 is 11.9 Å². The van der Waals surface area contributed by atoms with E-state index in [9.17, 15) is 9.59 Å². The molecule has 0 aromatic carbocycles. The van der Waals surface area contributed by atoms with Gasteiger partial charge in [0.25, 0.3) is 0 Å². The molecule has 5 heteroatoms. The van der Waals surface area contributed by atoms with Gasteiger partial charge in [0.1, 0.15) is 0 Å². The number of carbonyl (C=O) groups excluding carboxylic acids is 1. The molecule has 0 bridgehead atoms. The second-order valence-electron chi connectivity index (χ2n) is 4.72. The van der Waals surface area contributed by atoms with Crippen LogP contribution in [0.2, 0.25) is 0 Å². The van der Waals surface area contributed by atoms with Crippen molar-refractivity contribution >= 4 is 12.0 Å². The van der Waals surface area contributed by atoms with Gasteiger partial charge in [-0.2, -0.15) is 0 Å². The van der Waals surface area contributed by atoms with Crippen LogP contribution in [0.5, 0.6) is 0 Å². The predicted octanol–water partition coefficient (Wildman–Crippen LogP) is 1.41. The van der Waals surface area contributed by atoms with Crippen LogP contribution in [0.4, 0.5) is 4.79 Å². The Morgan fingerprint density at radius 3 is 2.71 bits per heavy atom. The molecule has 1 aliphatic heterocycles. The van der Waals surface area contributed by atoms with Crippen LogP contribution in [0.25, 0.3) is 0 Å². The Bertz CT molecular complexity index is 328. The molecule has 0 aromatic rings. The van der Waals surface area contributed by atoms with Gasteiger partial charge in [-0.3, -0.25) is 4.79 Å². The molecule has 1 rings (SSSR count). The van der Waals surface area contributed by atoms with Crippen molar-refractivity contribution in [1.82, 2.24) is 9.80 Å². The van der Waals surface area contributed by atoms with Gasteiger partial charge in [-0.05, 0) is 19.8 Å². The summed E-state index contributed by atoms with van der Waals surface area (Å²) in [5.74, 6) is -1.24. The van der Waals surface area contributed by atoms with Gasteiger partial charge in [-0.25, -0.2) is 4.79 Å². The standard InChI is InChI=1S/C12H20N2O3/c1-9(2)7-13(3)12(17)14-6-4-5-10(8-14)11(15)16/h10H,1,4-8H2,2-3H3,(H,15,16). The maximum Gasteiger partial charge on any atom is 0.320 e. The fourth-order valence-corrected chi connectivity index (χ4v) is 2.07. The van der Waals surface area contributed by atoms with Gasteiger partial charge < -0.3 is 14.9 Å². The molecule has 1 aliphatic rings. The SMILES string of the molecule is C=C(C)CN(C)C(=O)N1CCCC(C(=O)O)C1. The lowest BCUT2D eigenvalue weighted by atomic mass is 9.99. The van der Waals surface area contributed by atoms with E-state index in [1.54, 1.807) is 16.8 Å². The first-order valence-corrected chi connectivity index (χ1v) is 5.79. The molecule has 1 N–H and O–H groups in total. The van der Waals surface area contributed by atoms with Crippen LogP contribution in [0, 0.1) is 5.92 Å². The van der Waals surface area contributed by atoms with E-state index >= 15 is 0 Å². The van der Waals surface area contributed by atoms with Crippen LogP contribution >= 0.6 is 0 Å². The summed E-state index contributed by atoms with van der Waals surface area (Å²) in [5, 5.41) is 8.96. The Kier molecular flexibility index (Phi) is 4.54. The first kappa shape index (κ1) is 13.5. The van der Waals surface area contributed by atoms with Crippen LogP contribution in [-0.2, 0) is 4.79 Å². The fraction of sp³-hybridized carbons (Fsp3) is 0.667. The smallest absolute Gasteiger partial charge is 0.320 e. The lowest BCUT2D eigenvalue weighted by Crippen LogP contribution is -2.47. The Morgan fingerprint density at radius 2 is 2.18 bits per heavy atom. The second kappa shape index (κ2) is 5.70. The summed E-state index contributed by atoms with van der Waals surface area (Å²) in [7, 11) is 1.71. The number of rotatable bonds is 3. The average Bonchev–Trinajstić information content (AvgIpc) is 2.27. The van der Waals surface area contributed by atoms with Crippen LogP contribution in [-0.4, -0.2) is 53.6 Å². The third-order valence-electron chi connectivity index (χ3n) is 2.87. The molecule has 0 aliphatic carbocycles. The highest BCUT2D eigenvalue weighted by molar-refractivity contribution is 5.76. The molecule has 1 heterocycles. The van der Waals surface area contributed by atoms with Crippen LogP contribution in [0.1, 0.15) is 19.8 Å². The largest absolute Gasteiger partial charge is 0.481 e. The van der Waals surface area contributed by atoms with Crippen LogP contribution in [0.3, 0.4) is 0 Å². The number of nitrogens with zero attached hydrogens (tertiary/aromatic N) is 2. The van der Waals surface area contributed by atoms with Crippen molar-refractivity contribution in [3.8, 4) is 0 Å². The topological polar surface area (TPSA) is 60.9 Å². The minimum Gasteiger partial charge on any atom is -0.481 e. The molecule has 0 saturated carbocycles. The second-order valence-corrected chi connectivity index (χ2v) is 4.72. The molecular formula is C12H20N2O3. The van der Waals surface area contributed by atoms with E-state index in [1.807, 2.05) is 6.92 Å². The summed E-state index contributed by atoms with van der Waals surface area (Å²) in [6, 6.07) is -0.112. The minimum atomic E-state index is -0.815. The van der Waals surface area contributed by atoms with Crippen LogP contribution < -0.4 is 0 Å². The highest BCUT2D eigenvalue weighted by atomic mass is 16.4. The third-order valence-corrected chi connectivity index (χ3v) is 2.87. The van der Waals surface area contributed by atoms with Gasteiger partial charge in [0.05, 0.1) is 5.92 Å². The normalized spacial score (nSPS) is 19.9. The lowest BCUT2D eigenvalue weighted by molar-refractivity contribution is -0.143. The van der Waals surface area contributed by atoms with E-state index in [4.69, 9.17) is 5.11 Å². The van der Waals surface area contributed by atoms with E-state index in [0.717, 1.165) is 12.0 Å². The average molecular weight is 240 g/mol. The summed E-state index contributed by atoms with van der Waals surface area (Å²) >= 11 is 0. The summed E-state index contributed by atoms with van der Waals surface area (Å²) in [6.07, 6.45) is 1.41. The highest BCUT2D eigenvalue weighted by Crippen LogP contribution is 2.17. The lowest BCUT2D eigenvalue weighted by Gasteiger charge is -2.33. The van der Waals surface area contributed by atoms with Crippen molar-refractivity contribution in [2.75, 3.05) is 26.7 Å². The summed E-state index contributed by atoms with van der Waals surface area (Å²) in [4.78, 5) is 26.1. The molecule has 2 amide bonds. The van der Waals surface area contributed by atoms with E-state index in [2.05, 4.69) is 6.58 Å². The molecule has 1 saturated heterocycles. The number of carboxylic acids is 1. The maximum absolute atomic E-state index is 12.0. The Labute approximate surface area is 102 Å². The zero-order valence-electron chi connectivity index (χ0n) is 10.5. The molecule has 0 radical (unpaired) electrons. The highest BCUT2D eigenvalue weighted by Gasteiger charge is 2.29. The molecule has 17 heavy (non-hydrogen) atoms. The van der Waals surface area contributed by atoms with Gasteiger partial charge in [0, 0.05) is 26.7 Å². The van der Waals surface area contributed by atoms with Crippen LogP contribution in [0.15, 0.2) is 12.2 Å². The zero-order chi connectivity index (χ0) is 13.0. The number of likely N-dealkylation sites (tertiary alicyclic amines) is 1. The molecule has 1 unspecified atom stereocenters. The molecule has 96 valence electrons. The number of hydrogen-bond acceptors (Lipinski definition) is 2. The van der Waals surface area contributed by atoms with Gasteiger partial charge in [-0.15, -0.1) is 0 Å². The Balaban J connectivity index is 2.57. The van der Waals surface area contributed by atoms with Gasteiger partial charge in [-0.1, -0.05) is 12.2 Å². The summed E-state index contributed by atoms with van der Waals surface area (Å²) in [6.45, 7) is 7.08. The maximum atomic E-state index is 12.0. The first-order chi connectivity index (χ1) is 7.91. The van der Waals surface area contributed by atoms with Crippen molar-refractivity contribution in [2.45, 2.75) is 19.8 Å². The fourth-order valence-electron chi connectivity index (χ4n) is 2.07. The molecular weight excluding hydrogens is 220 g/mol. The van der Waals surface area contributed by atoms with E-state index in [0.29, 0.717) is 26.1 Å². The van der Waals surface area contributed by atoms with Gasteiger partial charge in [0.2, 0.25) is 0 Å². The van der Waals surface area contributed by atoms with Crippen molar-refractivity contribution < 1.29 is 14.7 Å². The minimum absolute atomic E-state index is 0.112. The summed E-state index contributed by atoms with van der Waals surface area (Å²) in [5.41, 5.74) is 0.910. The third kappa shape index (κ3) is 3.76. The number of amides is 2. The van der Waals surface area contributed by atoms with Crippen molar-refractivity contribution in [1.29, 1.82) is 0 Å². The molecule has 1 atom stereocenters. The predicted molar refractivity (Wildman–Crippen MR) is 64.8 cm³/mol. The Hall–Kier alpha value is -1.52. The number of aliphatic carboxylic acids is 1. The number of carbonyl (C=O) groups is 2. The number of piperidine rings is 1. The molecule has 5 nitrogen and oxygen atoms in total. The zero-order valence-corrected chi connectivity index (χ0v) is 10.5. The number of likely N-dealkylation sites (N-methyl/N-ethyl adjacent to an activating group) is 1. The van der Waals surface area contributed by atoms with E-state index in [-0.39, 0.29) is 6.03 Å². The summed E-state index contributed by atoms with van der Waals surface area (Å²) < 4.78 is 0. The quantitative estimate of drug-likeness (QED) is 0.759. The monoisotopic (exact) mass is 240 g/mol. The Morgan fingerprint density at radius 1 is 1.53 bits per heavy atom. The van der Waals surface area contributed by atoms with Gasteiger partial charge >= 0.3 is 12.0 Å². The van der Waals surface area contributed by atoms with Gasteiger partial charge in [0.15, 0.2) is 0 Å². The van der Waals surface area contributed by atoms with Crippen molar-refractivity contribution in [3.05, 3.63) is 12.2 Å². The number of urea groups is 1. The molecule has 0 spiro atoms. The number of carboxylic acid groups (broad SMARTS) is 1.